The third-order valence-corrected chi connectivity index (χ3v) is 4.86. The lowest BCUT2D eigenvalue weighted by Crippen LogP contribution is -2.53. The van der Waals surface area contributed by atoms with Crippen LogP contribution in [0.3, 0.4) is 0 Å². The lowest BCUT2D eigenvalue weighted by molar-refractivity contribution is 0.111. The van der Waals surface area contributed by atoms with Crippen LogP contribution in [-0.2, 0) is 4.74 Å². The third-order valence-electron chi connectivity index (χ3n) is 4.86. The van der Waals surface area contributed by atoms with Crippen molar-refractivity contribution < 1.29 is 14.3 Å². The van der Waals surface area contributed by atoms with Gasteiger partial charge in [0, 0.05) is 31.7 Å². The molecule has 132 valence electrons. The molecule has 3 unspecified atom stereocenters. The Balaban J connectivity index is 1.55. The van der Waals surface area contributed by atoms with Crippen LogP contribution in [0.25, 0.3) is 0 Å². The average Bonchev–Trinajstić information content (AvgIpc) is 3.14. The largest absolute Gasteiger partial charge is 0.497 e. The maximum atomic E-state index is 12.2. The van der Waals surface area contributed by atoms with Gasteiger partial charge in [0.1, 0.15) is 5.75 Å². The van der Waals surface area contributed by atoms with E-state index in [-0.39, 0.29) is 18.2 Å². The molecule has 0 aromatic heterocycles. The van der Waals surface area contributed by atoms with Gasteiger partial charge in [0.2, 0.25) is 0 Å². The molecule has 1 aromatic carbocycles. The fourth-order valence-electron chi connectivity index (χ4n) is 3.49. The van der Waals surface area contributed by atoms with E-state index in [1.54, 1.807) is 7.11 Å². The molecule has 6 heteroatoms. The summed E-state index contributed by atoms with van der Waals surface area (Å²) in [5.74, 6) is 1.16. The van der Waals surface area contributed by atoms with Crippen LogP contribution in [0.4, 0.5) is 4.79 Å². The molecule has 1 aromatic rings. The molecule has 0 aliphatic carbocycles. The van der Waals surface area contributed by atoms with E-state index in [0.29, 0.717) is 12.5 Å². The number of benzene rings is 1. The van der Waals surface area contributed by atoms with Crippen molar-refractivity contribution in [3.8, 4) is 5.75 Å². The minimum absolute atomic E-state index is 0.0802. The van der Waals surface area contributed by atoms with Crippen molar-refractivity contribution in [2.75, 3.05) is 33.4 Å². The smallest absolute Gasteiger partial charge is 0.315 e. The van der Waals surface area contributed by atoms with Gasteiger partial charge in [-0.05, 0) is 43.5 Å². The van der Waals surface area contributed by atoms with Crippen LogP contribution >= 0.6 is 0 Å². The number of hydrogen-bond donors (Lipinski definition) is 3. The summed E-state index contributed by atoms with van der Waals surface area (Å²) in [6.07, 6.45) is 3.28. The summed E-state index contributed by atoms with van der Waals surface area (Å²) in [6.45, 7) is 3.13. The van der Waals surface area contributed by atoms with Crippen molar-refractivity contribution in [1.82, 2.24) is 16.0 Å². The SMILES string of the molecule is COc1ccc(C2CCNCC2NC(=O)NCC2CCCO2)cc1. The summed E-state index contributed by atoms with van der Waals surface area (Å²) in [5.41, 5.74) is 1.24. The molecule has 2 heterocycles. The molecular weight excluding hydrogens is 306 g/mol. The lowest BCUT2D eigenvalue weighted by atomic mass is 9.86. The van der Waals surface area contributed by atoms with Crippen LogP contribution < -0.4 is 20.7 Å². The van der Waals surface area contributed by atoms with Crippen LogP contribution in [0, 0.1) is 0 Å². The van der Waals surface area contributed by atoms with Crippen LogP contribution in [0.5, 0.6) is 5.75 Å². The van der Waals surface area contributed by atoms with Gasteiger partial charge < -0.3 is 25.4 Å². The number of carbonyl (C=O) groups excluding carboxylic acids is 1. The predicted molar refractivity (Wildman–Crippen MR) is 92.5 cm³/mol. The standard InChI is InChI=1S/C18H27N3O3/c1-23-14-6-4-13(5-7-14)16-8-9-19-12-17(16)21-18(22)20-11-15-3-2-10-24-15/h4-7,15-17,19H,2-3,8-12H2,1H3,(H2,20,21,22). The normalized spacial score (nSPS) is 26.8. The molecule has 2 fully saturated rings. The molecule has 3 N–H and O–H groups in total. The van der Waals surface area contributed by atoms with E-state index in [4.69, 9.17) is 9.47 Å². The summed E-state index contributed by atoms with van der Waals surface area (Å²) >= 11 is 0. The van der Waals surface area contributed by atoms with Crippen LogP contribution in [0.15, 0.2) is 24.3 Å². The first-order valence-electron chi connectivity index (χ1n) is 8.77. The number of carbonyl (C=O) groups is 1. The van der Waals surface area contributed by atoms with E-state index in [1.165, 1.54) is 5.56 Å². The predicted octanol–water partition coefficient (Wildman–Crippen LogP) is 1.62. The quantitative estimate of drug-likeness (QED) is 0.766. The number of piperidine rings is 1. The van der Waals surface area contributed by atoms with Crippen LogP contribution in [0.2, 0.25) is 0 Å². The van der Waals surface area contributed by atoms with Gasteiger partial charge in [-0.1, -0.05) is 12.1 Å². The molecule has 2 aliphatic heterocycles. The number of methoxy groups -OCH3 is 1. The lowest BCUT2D eigenvalue weighted by Gasteiger charge is -2.33. The Kier molecular flexibility index (Phi) is 5.93. The first-order chi connectivity index (χ1) is 11.8. The Hall–Kier alpha value is -1.79. The number of rotatable bonds is 5. The topological polar surface area (TPSA) is 71.6 Å². The number of nitrogens with one attached hydrogen (secondary N) is 3. The Morgan fingerprint density at radius 3 is 2.88 bits per heavy atom. The minimum atomic E-state index is -0.113. The van der Waals surface area contributed by atoms with E-state index in [2.05, 4.69) is 28.1 Å². The zero-order valence-electron chi connectivity index (χ0n) is 14.2. The third kappa shape index (κ3) is 4.39. The maximum Gasteiger partial charge on any atom is 0.315 e. The Bertz CT molecular complexity index is 529. The van der Waals surface area contributed by atoms with E-state index in [1.807, 2.05) is 12.1 Å². The molecule has 3 atom stereocenters. The van der Waals surface area contributed by atoms with Crippen molar-refractivity contribution in [2.24, 2.45) is 0 Å². The Morgan fingerprint density at radius 2 is 2.17 bits per heavy atom. The fraction of sp³-hybridized carbons (Fsp3) is 0.611. The number of urea groups is 1. The van der Waals surface area contributed by atoms with E-state index >= 15 is 0 Å². The first-order valence-corrected chi connectivity index (χ1v) is 8.77. The summed E-state index contributed by atoms with van der Waals surface area (Å²) in [5, 5.41) is 9.43. The van der Waals surface area contributed by atoms with Crippen molar-refractivity contribution in [1.29, 1.82) is 0 Å². The second kappa shape index (κ2) is 8.35. The van der Waals surface area contributed by atoms with E-state index < -0.39 is 0 Å². The summed E-state index contributed by atoms with van der Waals surface area (Å²) in [4.78, 5) is 12.2. The molecule has 6 nitrogen and oxygen atoms in total. The number of amides is 2. The second-order valence-electron chi connectivity index (χ2n) is 6.47. The molecular formula is C18H27N3O3. The molecule has 0 spiro atoms. The van der Waals surface area contributed by atoms with Gasteiger partial charge in [-0.15, -0.1) is 0 Å². The zero-order chi connectivity index (χ0) is 16.8. The first kappa shape index (κ1) is 17.0. The van der Waals surface area contributed by atoms with Gasteiger partial charge in [-0.25, -0.2) is 4.79 Å². The molecule has 0 bridgehead atoms. The number of hydrogen-bond acceptors (Lipinski definition) is 4. The van der Waals surface area contributed by atoms with E-state index in [9.17, 15) is 4.79 Å². The molecule has 0 saturated carbocycles. The van der Waals surface area contributed by atoms with Crippen molar-refractivity contribution in [3.05, 3.63) is 29.8 Å². The van der Waals surface area contributed by atoms with Gasteiger partial charge >= 0.3 is 6.03 Å². The highest BCUT2D eigenvalue weighted by Gasteiger charge is 2.28. The summed E-state index contributed by atoms with van der Waals surface area (Å²) in [7, 11) is 1.67. The van der Waals surface area contributed by atoms with Gasteiger partial charge in [0.25, 0.3) is 0 Å². The summed E-state index contributed by atoms with van der Waals surface area (Å²) < 4.78 is 10.8. The monoisotopic (exact) mass is 333 g/mol. The van der Waals surface area contributed by atoms with Crippen LogP contribution in [-0.4, -0.2) is 51.5 Å². The highest BCUT2D eigenvalue weighted by Crippen LogP contribution is 2.27. The van der Waals surface area contributed by atoms with Gasteiger partial charge in [0.05, 0.1) is 13.2 Å². The van der Waals surface area contributed by atoms with Crippen LogP contribution in [0.1, 0.15) is 30.7 Å². The average molecular weight is 333 g/mol. The van der Waals surface area contributed by atoms with Gasteiger partial charge in [0.15, 0.2) is 0 Å². The molecule has 2 aliphatic rings. The highest BCUT2D eigenvalue weighted by atomic mass is 16.5. The van der Waals surface area contributed by atoms with E-state index in [0.717, 1.165) is 44.7 Å². The molecule has 3 rings (SSSR count). The van der Waals surface area contributed by atoms with Crippen molar-refractivity contribution >= 4 is 6.03 Å². The Labute approximate surface area is 143 Å². The maximum absolute atomic E-state index is 12.2. The molecule has 2 saturated heterocycles. The van der Waals surface area contributed by atoms with Gasteiger partial charge in [-0.3, -0.25) is 0 Å². The summed E-state index contributed by atoms with van der Waals surface area (Å²) in [6, 6.07) is 8.11. The second-order valence-corrected chi connectivity index (χ2v) is 6.47. The fourth-order valence-corrected chi connectivity index (χ4v) is 3.49. The molecule has 0 radical (unpaired) electrons. The van der Waals surface area contributed by atoms with Gasteiger partial charge in [-0.2, -0.15) is 0 Å². The highest BCUT2D eigenvalue weighted by molar-refractivity contribution is 5.74. The van der Waals surface area contributed by atoms with Crippen molar-refractivity contribution in [2.45, 2.75) is 37.3 Å². The van der Waals surface area contributed by atoms with Crippen molar-refractivity contribution in [3.63, 3.8) is 0 Å². The molecule has 24 heavy (non-hydrogen) atoms. The minimum Gasteiger partial charge on any atom is -0.497 e. The number of ether oxygens (including phenoxy) is 2. The molecule has 2 amide bonds. The zero-order valence-corrected chi connectivity index (χ0v) is 14.2. The Morgan fingerprint density at radius 1 is 1.33 bits per heavy atom.